The van der Waals surface area contributed by atoms with E-state index in [2.05, 4.69) is 25.7 Å². The van der Waals surface area contributed by atoms with Crippen LogP contribution in [0.15, 0.2) is 24.8 Å². The van der Waals surface area contributed by atoms with E-state index in [-0.39, 0.29) is 17.6 Å². The second kappa shape index (κ2) is 6.14. The molecule has 0 fully saturated rings. The van der Waals surface area contributed by atoms with Crippen molar-refractivity contribution in [3.8, 4) is 0 Å². The molecule has 0 unspecified atom stereocenters. The summed E-state index contributed by atoms with van der Waals surface area (Å²) in [5.74, 6) is 0.276. The van der Waals surface area contributed by atoms with Gasteiger partial charge in [-0.3, -0.25) is 14.5 Å². The van der Waals surface area contributed by atoms with Gasteiger partial charge in [0.15, 0.2) is 0 Å². The van der Waals surface area contributed by atoms with Gasteiger partial charge in [-0.25, -0.2) is 4.98 Å². The standard InChI is InChI=1S/C13H18N6O/c1-4-15-12-7-14-6-11(18-12)13(20)17-10-5-16-19(8-10)9(2)3/h5-9H,4H2,1-3H3,(H,15,18)(H,17,20). The lowest BCUT2D eigenvalue weighted by atomic mass is 10.4. The molecular weight excluding hydrogens is 256 g/mol. The fourth-order valence-corrected chi connectivity index (χ4v) is 1.62. The normalized spacial score (nSPS) is 10.6. The smallest absolute Gasteiger partial charge is 0.276 e. The molecule has 1 amide bonds. The van der Waals surface area contributed by atoms with E-state index in [1.807, 2.05) is 20.8 Å². The first-order valence-corrected chi connectivity index (χ1v) is 6.51. The highest BCUT2D eigenvalue weighted by molar-refractivity contribution is 6.02. The molecule has 2 aromatic heterocycles. The predicted octanol–water partition coefficient (Wildman–Crippen LogP) is 1.94. The maximum Gasteiger partial charge on any atom is 0.276 e. The zero-order valence-corrected chi connectivity index (χ0v) is 11.8. The first kappa shape index (κ1) is 14.0. The van der Waals surface area contributed by atoms with Gasteiger partial charge in [0.05, 0.1) is 24.3 Å². The lowest BCUT2D eigenvalue weighted by Gasteiger charge is -2.05. The van der Waals surface area contributed by atoms with E-state index in [4.69, 9.17) is 0 Å². The summed E-state index contributed by atoms with van der Waals surface area (Å²) in [5.41, 5.74) is 0.903. The molecule has 0 aliphatic carbocycles. The van der Waals surface area contributed by atoms with Gasteiger partial charge in [-0.15, -0.1) is 0 Å². The molecule has 2 aromatic rings. The number of carbonyl (C=O) groups is 1. The number of anilines is 2. The van der Waals surface area contributed by atoms with Crippen molar-refractivity contribution in [1.82, 2.24) is 19.7 Å². The predicted molar refractivity (Wildman–Crippen MR) is 76.8 cm³/mol. The van der Waals surface area contributed by atoms with Crippen LogP contribution in [0.25, 0.3) is 0 Å². The maximum absolute atomic E-state index is 12.1. The third-order valence-corrected chi connectivity index (χ3v) is 2.61. The van der Waals surface area contributed by atoms with Crippen molar-refractivity contribution in [3.05, 3.63) is 30.5 Å². The number of nitrogens with one attached hydrogen (secondary N) is 2. The summed E-state index contributed by atoms with van der Waals surface area (Å²) in [6, 6.07) is 0.248. The van der Waals surface area contributed by atoms with Crippen LogP contribution in [-0.4, -0.2) is 32.2 Å². The number of amides is 1. The molecule has 0 atom stereocenters. The summed E-state index contributed by atoms with van der Waals surface area (Å²) < 4.78 is 1.77. The number of carbonyl (C=O) groups excluding carboxylic acids is 1. The Morgan fingerprint density at radius 2 is 2.15 bits per heavy atom. The topological polar surface area (TPSA) is 84.7 Å². The molecule has 2 N–H and O–H groups in total. The van der Waals surface area contributed by atoms with Crippen molar-refractivity contribution in [2.45, 2.75) is 26.8 Å². The van der Waals surface area contributed by atoms with E-state index in [1.165, 1.54) is 6.20 Å². The molecule has 0 radical (unpaired) electrons. The Morgan fingerprint density at radius 1 is 1.35 bits per heavy atom. The quantitative estimate of drug-likeness (QED) is 0.870. The second-order valence-corrected chi connectivity index (χ2v) is 4.58. The molecule has 0 bridgehead atoms. The minimum Gasteiger partial charge on any atom is -0.369 e. The van der Waals surface area contributed by atoms with Crippen molar-refractivity contribution < 1.29 is 4.79 Å². The van der Waals surface area contributed by atoms with E-state index in [1.54, 1.807) is 23.3 Å². The van der Waals surface area contributed by atoms with Crippen LogP contribution in [0.5, 0.6) is 0 Å². The molecule has 106 valence electrons. The molecule has 0 aliphatic rings. The van der Waals surface area contributed by atoms with Crippen molar-refractivity contribution in [1.29, 1.82) is 0 Å². The van der Waals surface area contributed by atoms with Crippen LogP contribution in [0, 0.1) is 0 Å². The molecule has 0 saturated heterocycles. The third kappa shape index (κ3) is 3.31. The van der Waals surface area contributed by atoms with Crippen molar-refractivity contribution in [2.24, 2.45) is 0 Å². The minimum atomic E-state index is -0.305. The van der Waals surface area contributed by atoms with Gasteiger partial charge < -0.3 is 10.6 Å². The average Bonchev–Trinajstić information content (AvgIpc) is 2.88. The van der Waals surface area contributed by atoms with Gasteiger partial charge in [-0.2, -0.15) is 5.10 Å². The van der Waals surface area contributed by atoms with Crippen LogP contribution in [0.2, 0.25) is 0 Å². The van der Waals surface area contributed by atoms with E-state index in [0.29, 0.717) is 11.5 Å². The molecule has 7 heteroatoms. The molecule has 0 saturated carbocycles. The highest BCUT2D eigenvalue weighted by Gasteiger charge is 2.11. The van der Waals surface area contributed by atoms with Crippen LogP contribution in [0.3, 0.4) is 0 Å². The molecule has 20 heavy (non-hydrogen) atoms. The van der Waals surface area contributed by atoms with Crippen LogP contribution in [0.1, 0.15) is 37.3 Å². The summed E-state index contributed by atoms with van der Waals surface area (Å²) in [5, 5.41) is 9.93. The summed E-state index contributed by atoms with van der Waals surface area (Å²) in [7, 11) is 0. The van der Waals surface area contributed by atoms with Crippen LogP contribution in [0.4, 0.5) is 11.5 Å². The van der Waals surface area contributed by atoms with Gasteiger partial charge in [0.1, 0.15) is 11.5 Å². The lowest BCUT2D eigenvalue weighted by molar-refractivity contribution is 0.102. The van der Waals surface area contributed by atoms with Crippen LogP contribution in [-0.2, 0) is 0 Å². The number of hydrogen-bond acceptors (Lipinski definition) is 5. The van der Waals surface area contributed by atoms with E-state index in [0.717, 1.165) is 6.54 Å². The molecular formula is C13H18N6O. The Labute approximate surface area is 117 Å². The highest BCUT2D eigenvalue weighted by atomic mass is 16.1. The fourth-order valence-electron chi connectivity index (χ4n) is 1.62. The number of rotatable bonds is 5. The van der Waals surface area contributed by atoms with Gasteiger partial charge in [0.25, 0.3) is 5.91 Å². The Kier molecular flexibility index (Phi) is 4.29. The molecule has 0 aromatic carbocycles. The first-order chi connectivity index (χ1) is 9.60. The summed E-state index contributed by atoms with van der Waals surface area (Å²) in [6.07, 6.45) is 6.41. The van der Waals surface area contributed by atoms with Crippen LogP contribution >= 0.6 is 0 Å². The molecule has 0 aliphatic heterocycles. The lowest BCUT2D eigenvalue weighted by Crippen LogP contribution is -2.15. The average molecular weight is 274 g/mol. The molecule has 2 rings (SSSR count). The SMILES string of the molecule is CCNc1cncc(C(=O)Nc2cnn(C(C)C)c2)n1. The number of nitrogens with zero attached hydrogens (tertiary/aromatic N) is 4. The Morgan fingerprint density at radius 3 is 2.80 bits per heavy atom. The van der Waals surface area contributed by atoms with Crippen molar-refractivity contribution >= 4 is 17.4 Å². The summed E-state index contributed by atoms with van der Waals surface area (Å²) in [4.78, 5) is 20.3. The van der Waals surface area contributed by atoms with Crippen LogP contribution < -0.4 is 10.6 Å². The van der Waals surface area contributed by atoms with Crippen molar-refractivity contribution in [3.63, 3.8) is 0 Å². The van der Waals surface area contributed by atoms with Gasteiger partial charge >= 0.3 is 0 Å². The number of hydrogen-bond donors (Lipinski definition) is 2. The van der Waals surface area contributed by atoms with E-state index < -0.39 is 0 Å². The molecule has 2 heterocycles. The molecule has 7 nitrogen and oxygen atoms in total. The Balaban J connectivity index is 2.09. The van der Waals surface area contributed by atoms with E-state index in [9.17, 15) is 4.79 Å². The van der Waals surface area contributed by atoms with Gasteiger partial charge in [-0.1, -0.05) is 0 Å². The Bertz CT molecular complexity index is 592. The number of aromatic nitrogens is 4. The van der Waals surface area contributed by atoms with Gasteiger partial charge in [0.2, 0.25) is 0 Å². The van der Waals surface area contributed by atoms with Gasteiger partial charge in [0, 0.05) is 18.8 Å². The monoisotopic (exact) mass is 274 g/mol. The summed E-state index contributed by atoms with van der Waals surface area (Å²) >= 11 is 0. The fraction of sp³-hybridized carbons (Fsp3) is 0.385. The minimum absolute atomic E-state index is 0.248. The van der Waals surface area contributed by atoms with Crippen molar-refractivity contribution in [2.75, 3.05) is 17.2 Å². The van der Waals surface area contributed by atoms with E-state index >= 15 is 0 Å². The first-order valence-electron chi connectivity index (χ1n) is 6.51. The zero-order valence-electron chi connectivity index (χ0n) is 11.8. The molecule has 0 spiro atoms. The van der Waals surface area contributed by atoms with Gasteiger partial charge in [-0.05, 0) is 20.8 Å². The largest absolute Gasteiger partial charge is 0.369 e. The second-order valence-electron chi connectivity index (χ2n) is 4.58. The third-order valence-electron chi connectivity index (χ3n) is 2.61. The highest BCUT2D eigenvalue weighted by Crippen LogP contribution is 2.11. The summed E-state index contributed by atoms with van der Waals surface area (Å²) in [6.45, 7) is 6.71. The zero-order chi connectivity index (χ0) is 14.5. The maximum atomic E-state index is 12.1. The Hall–Kier alpha value is -2.44.